The highest BCUT2D eigenvalue weighted by atomic mass is 35.5. The summed E-state index contributed by atoms with van der Waals surface area (Å²) in [5.41, 5.74) is 2.46. The lowest BCUT2D eigenvalue weighted by Crippen LogP contribution is -2.13. The van der Waals surface area contributed by atoms with E-state index in [4.69, 9.17) is 11.6 Å². The molecule has 0 fully saturated rings. The van der Waals surface area contributed by atoms with Crippen LogP contribution in [0.25, 0.3) is 21.5 Å². The van der Waals surface area contributed by atoms with Gasteiger partial charge >= 0.3 is 0 Å². The highest BCUT2D eigenvalue weighted by molar-refractivity contribution is 8.00. The minimum absolute atomic E-state index is 0.254. The maximum atomic E-state index is 13.8. The van der Waals surface area contributed by atoms with E-state index in [-0.39, 0.29) is 11.7 Å². The van der Waals surface area contributed by atoms with E-state index in [1.165, 1.54) is 40.5 Å². The topological polar surface area (TPSA) is 67.8 Å². The molecule has 3 aromatic heterocycles. The number of hydrogen-bond acceptors (Lipinski definition) is 7. The van der Waals surface area contributed by atoms with Crippen molar-refractivity contribution in [3.63, 3.8) is 0 Å². The van der Waals surface area contributed by atoms with Gasteiger partial charge in [0, 0.05) is 11.1 Å². The second kappa shape index (κ2) is 9.56. The smallest absolute Gasteiger partial charge is 0.258 e. The largest absolute Gasteiger partial charge is 0.296 e. The number of anilines is 1. The SMILES string of the molecule is O=C(Nc1nnc(SCc2ccccc2F)s1)c1cc(-c2ccc(Cl)s2)nc2ccccc12. The molecule has 1 N–H and O–H groups in total. The van der Waals surface area contributed by atoms with Crippen molar-refractivity contribution in [2.75, 3.05) is 5.32 Å². The fourth-order valence-corrected chi connectivity index (χ4v) is 5.92. The fourth-order valence-electron chi connectivity index (χ4n) is 3.18. The van der Waals surface area contributed by atoms with Gasteiger partial charge in [0.1, 0.15) is 5.82 Å². The average Bonchev–Trinajstić information content (AvgIpc) is 3.46. The molecule has 0 radical (unpaired) electrons. The Bertz CT molecular complexity index is 1470. The summed E-state index contributed by atoms with van der Waals surface area (Å²) in [4.78, 5) is 18.7. The van der Waals surface area contributed by atoms with Crippen LogP contribution in [0.5, 0.6) is 0 Å². The maximum Gasteiger partial charge on any atom is 0.258 e. The zero-order valence-electron chi connectivity index (χ0n) is 16.8. The number of amides is 1. The highest BCUT2D eigenvalue weighted by Crippen LogP contribution is 2.33. The number of halogens is 2. The van der Waals surface area contributed by atoms with Crippen LogP contribution in [0, 0.1) is 5.82 Å². The zero-order chi connectivity index (χ0) is 22.8. The van der Waals surface area contributed by atoms with Crippen LogP contribution in [0.15, 0.2) is 71.1 Å². The van der Waals surface area contributed by atoms with E-state index >= 15 is 0 Å². The molecule has 0 aliphatic heterocycles. The first kappa shape index (κ1) is 22.0. The van der Waals surface area contributed by atoms with E-state index in [1.54, 1.807) is 30.3 Å². The normalized spacial score (nSPS) is 11.1. The van der Waals surface area contributed by atoms with Crippen LogP contribution in [0.2, 0.25) is 4.34 Å². The number of thiophene rings is 1. The molecule has 0 saturated heterocycles. The van der Waals surface area contributed by atoms with Gasteiger partial charge in [0.2, 0.25) is 5.13 Å². The van der Waals surface area contributed by atoms with Gasteiger partial charge in [0.15, 0.2) is 4.34 Å². The zero-order valence-corrected chi connectivity index (χ0v) is 20.0. The fraction of sp³-hybridized carbons (Fsp3) is 0.0435. The van der Waals surface area contributed by atoms with E-state index in [0.717, 1.165) is 10.3 Å². The molecule has 164 valence electrons. The van der Waals surface area contributed by atoms with Gasteiger partial charge in [0.25, 0.3) is 5.91 Å². The number of rotatable bonds is 6. The number of carbonyl (C=O) groups excluding carboxylic acids is 1. The third-order valence-corrected chi connectivity index (χ3v) is 8.00. The second-order valence-electron chi connectivity index (χ2n) is 6.88. The Hall–Kier alpha value is -2.85. The number of pyridine rings is 1. The van der Waals surface area contributed by atoms with Gasteiger partial charge in [-0.15, -0.1) is 21.5 Å². The summed E-state index contributed by atoms with van der Waals surface area (Å²) in [6, 6.07) is 19.5. The number of aromatic nitrogens is 3. The van der Waals surface area contributed by atoms with Crippen molar-refractivity contribution in [1.29, 1.82) is 0 Å². The van der Waals surface area contributed by atoms with Crippen LogP contribution in [-0.4, -0.2) is 21.1 Å². The van der Waals surface area contributed by atoms with E-state index in [9.17, 15) is 9.18 Å². The van der Waals surface area contributed by atoms with Crippen LogP contribution < -0.4 is 5.32 Å². The summed E-state index contributed by atoms with van der Waals surface area (Å²) < 4.78 is 15.1. The van der Waals surface area contributed by atoms with Crippen LogP contribution in [0.3, 0.4) is 0 Å². The van der Waals surface area contributed by atoms with Gasteiger partial charge in [-0.3, -0.25) is 10.1 Å². The van der Waals surface area contributed by atoms with E-state index < -0.39 is 0 Å². The molecule has 0 aliphatic rings. The first-order valence-corrected chi connectivity index (χ1v) is 12.7. The van der Waals surface area contributed by atoms with Crippen molar-refractivity contribution < 1.29 is 9.18 Å². The summed E-state index contributed by atoms with van der Waals surface area (Å²) in [5.74, 6) is -0.133. The number of nitrogens with zero attached hydrogens (tertiary/aromatic N) is 3. The summed E-state index contributed by atoms with van der Waals surface area (Å²) in [6.07, 6.45) is 0. The second-order valence-corrected chi connectivity index (χ2v) is 10.8. The molecule has 5 aromatic rings. The monoisotopic (exact) mass is 512 g/mol. The number of thioether (sulfide) groups is 1. The van der Waals surface area contributed by atoms with Gasteiger partial charge in [0.05, 0.1) is 26.0 Å². The molecular weight excluding hydrogens is 499 g/mol. The van der Waals surface area contributed by atoms with Crippen LogP contribution in [0.4, 0.5) is 9.52 Å². The Kier molecular flexibility index (Phi) is 6.37. The van der Waals surface area contributed by atoms with Gasteiger partial charge in [-0.25, -0.2) is 9.37 Å². The van der Waals surface area contributed by atoms with E-state index in [1.807, 2.05) is 30.3 Å². The van der Waals surface area contributed by atoms with Crippen LogP contribution in [-0.2, 0) is 5.75 Å². The first-order valence-electron chi connectivity index (χ1n) is 9.73. The number of benzene rings is 2. The predicted molar refractivity (Wildman–Crippen MR) is 134 cm³/mol. The van der Waals surface area contributed by atoms with Gasteiger partial charge in [-0.1, -0.05) is 71.1 Å². The summed E-state index contributed by atoms with van der Waals surface area (Å²) >= 11 is 10.1. The van der Waals surface area contributed by atoms with Gasteiger partial charge in [-0.05, 0) is 35.9 Å². The first-order chi connectivity index (χ1) is 16.1. The van der Waals surface area contributed by atoms with Gasteiger partial charge < -0.3 is 0 Å². The van der Waals surface area contributed by atoms with Gasteiger partial charge in [-0.2, -0.15) is 0 Å². The number of hydrogen-bond donors (Lipinski definition) is 1. The molecule has 3 heterocycles. The Morgan fingerprint density at radius 1 is 1.03 bits per heavy atom. The molecule has 5 rings (SSSR count). The number of nitrogens with one attached hydrogen (secondary N) is 1. The standard InChI is InChI=1S/C23H14ClFN4OS3/c24-20-10-9-19(32-20)18-11-15(14-6-2-4-8-17(14)26-18)21(30)27-22-28-29-23(33-22)31-12-13-5-1-3-7-16(13)25/h1-11H,12H2,(H,27,28,30). The number of para-hydroxylation sites is 1. The quantitative estimate of drug-likeness (QED) is 0.193. The molecular formula is C23H14ClFN4OS3. The lowest BCUT2D eigenvalue weighted by atomic mass is 10.1. The molecule has 0 spiro atoms. The Labute approximate surface area is 205 Å². The lowest BCUT2D eigenvalue weighted by molar-refractivity contribution is 0.102. The van der Waals surface area contributed by atoms with Crippen LogP contribution in [0.1, 0.15) is 15.9 Å². The number of carbonyl (C=O) groups is 1. The molecule has 0 saturated carbocycles. The van der Waals surface area contributed by atoms with Crippen molar-refractivity contribution in [3.05, 3.63) is 88.0 Å². The summed E-state index contributed by atoms with van der Waals surface area (Å²) in [6.45, 7) is 0. The molecule has 0 atom stereocenters. The van der Waals surface area contributed by atoms with Crippen molar-refractivity contribution in [2.45, 2.75) is 10.1 Å². The minimum atomic E-state index is -0.306. The molecule has 0 bridgehead atoms. The summed E-state index contributed by atoms with van der Waals surface area (Å²) in [7, 11) is 0. The Morgan fingerprint density at radius 2 is 1.85 bits per heavy atom. The van der Waals surface area contributed by atoms with Crippen molar-refractivity contribution in [3.8, 4) is 10.6 Å². The van der Waals surface area contributed by atoms with Crippen molar-refractivity contribution in [2.24, 2.45) is 0 Å². The molecule has 5 nitrogen and oxygen atoms in total. The van der Waals surface area contributed by atoms with E-state index in [2.05, 4.69) is 20.5 Å². The average molecular weight is 513 g/mol. The van der Waals surface area contributed by atoms with Crippen molar-refractivity contribution >= 4 is 68.0 Å². The minimum Gasteiger partial charge on any atom is -0.296 e. The summed E-state index contributed by atoms with van der Waals surface area (Å²) in [5, 5.41) is 12.1. The van der Waals surface area contributed by atoms with Crippen LogP contribution >= 0.6 is 46.0 Å². The number of fused-ring (bicyclic) bond motifs is 1. The predicted octanol–water partition coefficient (Wildman–Crippen LogP) is 7.15. The lowest BCUT2D eigenvalue weighted by Gasteiger charge is -2.08. The molecule has 2 aromatic carbocycles. The van der Waals surface area contributed by atoms with E-state index in [0.29, 0.717) is 41.9 Å². The molecule has 0 aliphatic carbocycles. The molecule has 10 heteroatoms. The Morgan fingerprint density at radius 3 is 2.67 bits per heavy atom. The van der Waals surface area contributed by atoms with Crippen molar-refractivity contribution in [1.82, 2.24) is 15.2 Å². The third kappa shape index (κ3) is 4.91. The highest BCUT2D eigenvalue weighted by Gasteiger charge is 2.17. The third-order valence-electron chi connectivity index (χ3n) is 4.72. The molecule has 0 unspecified atom stereocenters. The molecule has 1 amide bonds. The Balaban J connectivity index is 1.38. The maximum absolute atomic E-state index is 13.8. The molecule has 33 heavy (non-hydrogen) atoms.